The van der Waals surface area contributed by atoms with Crippen LogP contribution in [0.15, 0.2) is 18.2 Å². The van der Waals surface area contributed by atoms with Crippen LogP contribution in [0, 0.1) is 12.8 Å². The fourth-order valence-corrected chi connectivity index (χ4v) is 3.60. The average molecular weight is 366 g/mol. The summed E-state index contributed by atoms with van der Waals surface area (Å²) in [6.07, 6.45) is 2.35. The molecule has 0 unspecified atom stereocenters. The third-order valence-electron chi connectivity index (χ3n) is 5.28. The van der Waals surface area contributed by atoms with E-state index in [2.05, 4.69) is 25.5 Å². The van der Waals surface area contributed by atoms with E-state index in [0.29, 0.717) is 24.1 Å². The molecule has 2 aliphatic rings. The van der Waals surface area contributed by atoms with Crippen LogP contribution in [0.25, 0.3) is 5.65 Å². The molecule has 1 aliphatic heterocycles. The molecule has 4 heterocycles. The predicted octanol–water partition coefficient (Wildman–Crippen LogP) is 0.910. The number of hydrogen-bond donors (Lipinski definition) is 1. The van der Waals surface area contributed by atoms with E-state index in [4.69, 9.17) is 5.10 Å². The summed E-state index contributed by atoms with van der Waals surface area (Å²) in [5, 5.41) is 20.4. The summed E-state index contributed by atoms with van der Waals surface area (Å²) >= 11 is 0. The Morgan fingerprint density at radius 3 is 2.74 bits per heavy atom. The predicted molar refractivity (Wildman–Crippen MR) is 98.7 cm³/mol. The van der Waals surface area contributed by atoms with E-state index in [1.54, 1.807) is 17.8 Å². The van der Waals surface area contributed by atoms with Crippen LogP contribution in [0.1, 0.15) is 40.8 Å². The lowest BCUT2D eigenvalue weighted by atomic mass is 10.0. The van der Waals surface area contributed by atoms with Gasteiger partial charge in [0.1, 0.15) is 11.5 Å². The number of hydrogen-bond acceptors (Lipinski definition) is 6. The van der Waals surface area contributed by atoms with E-state index in [-0.39, 0.29) is 5.91 Å². The molecule has 5 rings (SSSR count). The molecule has 9 nitrogen and oxygen atoms in total. The van der Waals surface area contributed by atoms with Crippen LogP contribution in [0.5, 0.6) is 0 Å². The van der Waals surface area contributed by atoms with E-state index in [9.17, 15) is 4.79 Å². The Hall–Kier alpha value is -2.97. The average Bonchev–Trinajstić information content (AvgIpc) is 3.27. The maximum atomic E-state index is 12.3. The molecule has 3 aromatic heterocycles. The lowest BCUT2D eigenvalue weighted by Crippen LogP contribution is -2.52. The van der Waals surface area contributed by atoms with Crippen LogP contribution in [0.3, 0.4) is 0 Å². The van der Waals surface area contributed by atoms with Crippen molar-refractivity contribution < 1.29 is 4.79 Å². The van der Waals surface area contributed by atoms with E-state index < -0.39 is 0 Å². The quantitative estimate of drug-likeness (QED) is 0.721. The summed E-state index contributed by atoms with van der Waals surface area (Å²) < 4.78 is 3.50. The Morgan fingerprint density at radius 1 is 1.22 bits per heavy atom. The van der Waals surface area contributed by atoms with Crippen molar-refractivity contribution in [3.63, 3.8) is 0 Å². The maximum absolute atomic E-state index is 12.3. The number of nitrogens with one attached hydrogen (secondary N) is 1. The smallest absolute Gasteiger partial charge is 0.269 e. The van der Waals surface area contributed by atoms with Gasteiger partial charge in [-0.1, -0.05) is 0 Å². The number of carbonyl (C=O) groups excluding carboxylic acids is 1. The van der Waals surface area contributed by atoms with Crippen LogP contribution in [0.4, 0.5) is 5.82 Å². The molecule has 1 amide bonds. The van der Waals surface area contributed by atoms with Gasteiger partial charge in [-0.2, -0.15) is 9.61 Å². The summed E-state index contributed by atoms with van der Waals surface area (Å²) in [5.41, 5.74) is 2.24. The Labute approximate surface area is 156 Å². The molecule has 27 heavy (non-hydrogen) atoms. The van der Waals surface area contributed by atoms with Crippen LogP contribution in [-0.4, -0.2) is 55.1 Å². The van der Waals surface area contributed by atoms with Gasteiger partial charge in [0.25, 0.3) is 5.91 Å². The third-order valence-corrected chi connectivity index (χ3v) is 5.28. The van der Waals surface area contributed by atoms with Gasteiger partial charge in [0.05, 0.1) is 5.69 Å². The van der Waals surface area contributed by atoms with Gasteiger partial charge in [0, 0.05) is 38.5 Å². The number of fused-ring (bicyclic) bond motifs is 1. The van der Waals surface area contributed by atoms with Crippen molar-refractivity contribution >= 4 is 17.4 Å². The zero-order chi connectivity index (χ0) is 18.5. The van der Waals surface area contributed by atoms with E-state index in [1.807, 2.05) is 23.6 Å². The number of aromatic nitrogens is 6. The lowest BCUT2D eigenvalue weighted by molar-refractivity contribution is 0.0935. The first-order valence-electron chi connectivity index (χ1n) is 9.34. The van der Waals surface area contributed by atoms with Gasteiger partial charge in [-0.05, 0) is 38.0 Å². The molecule has 9 heteroatoms. The Morgan fingerprint density at radius 2 is 2.04 bits per heavy atom. The minimum absolute atomic E-state index is 0.0744. The van der Waals surface area contributed by atoms with Gasteiger partial charge in [-0.25, -0.2) is 0 Å². The number of rotatable bonds is 5. The molecule has 0 bridgehead atoms. The molecule has 0 spiro atoms. The third kappa shape index (κ3) is 2.92. The molecule has 0 aromatic carbocycles. The first-order chi connectivity index (χ1) is 13.1. The number of aryl methyl sites for hydroxylation is 2. The van der Waals surface area contributed by atoms with Crippen molar-refractivity contribution in [2.24, 2.45) is 13.0 Å². The standard InChI is InChI=1S/C18H22N8O/c1-11-7-14(24(2)22-11)18(27)19-8-12-9-25(10-12)16-6-5-15-20-21-17(13-3-4-13)26(15)23-16/h5-7,12-13H,3-4,8-10H2,1-2H3,(H,19,27). The summed E-state index contributed by atoms with van der Waals surface area (Å²) in [4.78, 5) is 14.5. The molecule has 1 saturated heterocycles. The Kier molecular flexibility index (Phi) is 3.63. The van der Waals surface area contributed by atoms with E-state index in [1.165, 1.54) is 12.8 Å². The zero-order valence-corrected chi connectivity index (χ0v) is 15.5. The van der Waals surface area contributed by atoms with Crippen molar-refractivity contribution in [3.8, 4) is 0 Å². The van der Waals surface area contributed by atoms with Crippen molar-refractivity contribution in [3.05, 3.63) is 35.4 Å². The maximum Gasteiger partial charge on any atom is 0.269 e. The van der Waals surface area contributed by atoms with Crippen molar-refractivity contribution in [2.45, 2.75) is 25.7 Å². The van der Waals surface area contributed by atoms with Crippen LogP contribution >= 0.6 is 0 Å². The second-order valence-corrected chi connectivity index (χ2v) is 7.57. The highest BCUT2D eigenvalue weighted by atomic mass is 16.2. The minimum Gasteiger partial charge on any atom is -0.354 e. The first kappa shape index (κ1) is 16.2. The van der Waals surface area contributed by atoms with E-state index in [0.717, 1.165) is 36.1 Å². The van der Waals surface area contributed by atoms with Gasteiger partial charge in [0.2, 0.25) is 0 Å². The van der Waals surface area contributed by atoms with Crippen molar-refractivity contribution in [1.29, 1.82) is 0 Å². The van der Waals surface area contributed by atoms with Crippen LogP contribution < -0.4 is 10.2 Å². The van der Waals surface area contributed by atoms with E-state index >= 15 is 0 Å². The van der Waals surface area contributed by atoms with Gasteiger partial charge in [0.15, 0.2) is 11.5 Å². The van der Waals surface area contributed by atoms with Gasteiger partial charge in [-0.15, -0.1) is 15.3 Å². The molecule has 1 aliphatic carbocycles. The number of amides is 1. The highest BCUT2D eigenvalue weighted by molar-refractivity contribution is 5.92. The molecule has 1 N–H and O–H groups in total. The van der Waals surface area contributed by atoms with Gasteiger partial charge < -0.3 is 10.2 Å². The number of nitrogens with zero attached hydrogens (tertiary/aromatic N) is 7. The molecule has 0 radical (unpaired) electrons. The minimum atomic E-state index is -0.0744. The fourth-order valence-electron chi connectivity index (χ4n) is 3.60. The monoisotopic (exact) mass is 366 g/mol. The number of anilines is 1. The molecule has 1 saturated carbocycles. The SMILES string of the molecule is Cc1cc(C(=O)NCC2CN(c3ccc4nnc(C5CC5)n4n3)C2)n(C)n1. The highest BCUT2D eigenvalue weighted by Crippen LogP contribution is 2.38. The summed E-state index contributed by atoms with van der Waals surface area (Å²) in [7, 11) is 1.79. The summed E-state index contributed by atoms with van der Waals surface area (Å²) in [6, 6.07) is 5.77. The Bertz CT molecular complexity index is 1010. The molecule has 2 fully saturated rings. The molecular weight excluding hydrogens is 344 g/mol. The first-order valence-corrected chi connectivity index (χ1v) is 9.34. The molecule has 0 atom stereocenters. The zero-order valence-electron chi connectivity index (χ0n) is 15.5. The topological polar surface area (TPSA) is 93.2 Å². The van der Waals surface area contributed by atoms with Gasteiger partial charge in [-0.3, -0.25) is 9.48 Å². The largest absolute Gasteiger partial charge is 0.354 e. The molecule has 140 valence electrons. The summed E-state index contributed by atoms with van der Waals surface area (Å²) in [6.45, 7) is 4.30. The Balaban J connectivity index is 1.19. The summed E-state index contributed by atoms with van der Waals surface area (Å²) in [5.74, 6) is 2.77. The number of carbonyl (C=O) groups is 1. The van der Waals surface area contributed by atoms with Crippen LogP contribution in [-0.2, 0) is 7.05 Å². The van der Waals surface area contributed by atoms with Crippen LogP contribution in [0.2, 0.25) is 0 Å². The fraction of sp³-hybridized carbons (Fsp3) is 0.500. The second-order valence-electron chi connectivity index (χ2n) is 7.57. The van der Waals surface area contributed by atoms with Gasteiger partial charge >= 0.3 is 0 Å². The van der Waals surface area contributed by atoms with Crippen molar-refractivity contribution in [1.82, 2.24) is 34.9 Å². The molecular formula is C18H22N8O. The highest BCUT2D eigenvalue weighted by Gasteiger charge is 2.31. The second kappa shape index (κ2) is 6.04. The lowest BCUT2D eigenvalue weighted by Gasteiger charge is -2.40. The van der Waals surface area contributed by atoms with Crippen molar-refractivity contribution in [2.75, 3.05) is 24.5 Å². The molecule has 3 aromatic rings. The normalized spacial score (nSPS) is 17.3.